The minimum Gasteiger partial charge on any atom is -0.389 e. The molecule has 0 aliphatic heterocycles. The number of aliphatic hydroxyl groups is 1. The van der Waals surface area contributed by atoms with Gasteiger partial charge in [0, 0.05) is 12.8 Å². The van der Waals surface area contributed by atoms with Crippen molar-refractivity contribution in [2.45, 2.75) is 31.8 Å². The van der Waals surface area contributed by atoms with Crippen LogP contribution in [0.3, 0.4) is 0 Å². The van der Waals surface area contributed by atoms with Crippen LogP contribution >= 0.6 is 0 Å². The van der Waals surface area contributed by atoms with E-state index in [4.69, 9.17) is 5.11 Å². The van der Waals surface area contributed by atoms with Gasteiger partial charge in [0.15, 0.2) is 0 Å². The first-order valence-corrected chi connectivity index (χ1v) is 3.65. The number of rotatable bonds is 0. The monoisotopic (exact) mass is 140 g/mol. The Bertz CT molecular complexity index is 149. The van der Waals surface area contributed by atoms with Gasteiger partial charge in [-0.05, 0) is 12.8 Å². The third-order valence-corrected chi connectivity index (χ3v) is 1.66. The molecule has 0 aromatic carbocycles. The summed E-state index contributed by atoms with van der Waals surface area (Å²) >= 11 is 0. The Balaban J connectivity index is 2.45. The van der Waals surface area contributed by atoms with Gasteiger partial charge < -0.3 is 5.11 Å². The third-order valence-electron chi connectivity index (χ3n) is 1.66. The second kappa shape index (κ2) is 3.52. The molecule has 2 heteroatoms. The first-order valence-electron chi connectivity index (χ1n) is 3.65. The lowest BCUT2D eigenvalue weighted by molar-refractivity contribution is -0.118. The lowest BCUT2D eigenvalue weighted by atomic mass is 10.0. The van der Waals surface area contributed by atoms with E-state index >= 15 is 0 Å². The maximum Gasteiger partial charge on any atom is 0.136 e. The molecule has 0 aromatic heterocycles. The summed E-state index contributed by atoms with van der Waals surface area (Å²) in [5.74, 6) is 0.281. The van der Waals surface area contributed by atoms with E-state index in [-0.39, 0.29) is 11.9 Å². The standard InChI is InChI=1S/C8H12O2/c9-7-3-1-4-8(10)6-2-5-7/h1,3,7,9H,2,4-6H2/b3-1-. The van der Waals surface area contributed by atoms with E-state index in [0.717, 1.165) is 12.8 Å². The molecule has 0 fully saturated rings. The van der Waals surface area contributed by atoms with E-state index < -0.39 is 0 Å². The predicted octanol–water partition coefficient (Wildman–Crippen LogP) is 1.05. The molecule has 0 radical (unpaired) electrons. The van der Waals surface area contributed by atoms with Crippen molar-refractivity contribution in [1.29, 1.82) is 0 Å². The average molecular weight is 140 g/mol. The van der Waals surface area contributed by atoms with Crippen LogP contribution in [0.15, 0.2) is 12.2 Å². The van der Waals surface area contributed by atoms with E-state index in [1.165, 1.54) is 0 Å². The first kappa shape index (κ1) is 7.48. The molecular formula is C8H12O2. The van der Waals surface area contributed by atoms with Crippen LogP contribution in [-0.2, 0) is 4.79 Å². The fourth-order valence-corrected chi connectivity index (χ4v) is 1.06. The number of allylic oxidation sites excluding steroid dienone is 1. The highest BCUT2D eigenvalue weighted by molar-refractivity contribution is 5.79. The molecule has 0 saturated heterocycles. The number of carbonyl (C=O) groups excluding carboxylic acids is 1. The zero-order valence-corrected chi connectivity index (χ0v) is 5.92. The van der Waals surface area contributed by atoms with Gasteiger partial charge in [-0.2, -0.15) is 0 Å². The lowest BCUT2D eigenvalue weighted by Crippen LogP contribution is -2.07. The predicted molar refractivity (Wildman–Crippen MR) is 38.6 cm³/mol. The molecule has 1 unspecified atom stereocenters. The maximum atomic E-state index is 10.8. The second-order valence-electron chi connectivity index (χ2n) is 2.63. The van der Waals surface area contributed by atoms with Crippen LogP contribution in [0.5, 0.6) is 0 Å². The molecule has 0 heterocycles. The van der Waals surface area contributed by atoms with Gasteiger partial charge >= 0.3 is 0 Å². The molecule has 2 nitrogen and oxygen atoms in total. The van der Waals surface area contributed by atoms with Crippen molar-refractivity contribution >= 4 is 5.78 Å². The Morgan fingerprint density at radius 1 is 1.60 bits per heavy atom. The van der Waals surface area contributed by atoms with Crippen molar-refractivity contribution in [2.75, 3.05) is 0 Å². The van der Waals surface area contributed by atoms with Gasteiger partial charge in [0.05, 0.1) is 6.10 Å². The molecule has 0 amide bonds. The largest absolute Gasteiger partial charge is 0.389 e. The Hall–Kier alpha value is -0.630. The zero-order chi connectivity index (χ0) is 7.40. The number of aliphatic hydroxyl groups excluding tert-OH is 1. The van der Waals surface area contributed by atoms with E-state index in [1.54, 1.807) is 12.2 Å². The van der Waals surface area contributed by atoms with Crippen LogP contribution in [0.2, 0.25) is 0 Å². The number of carbonyl (C=O) groups is 1. The number of hydrogen-bond donors (Lipinski definition) is 1. The Morgan fingerprint density at radius 3 is 3.20 bits per heavy atom. The summed E-state index contributed by atoms with van der Waals surface area (Å²) in [6.07, 6.45) is 5.81. The van der Waals surface area contributed by atoms with Gasteiger partial charge in [-0.25, -0.2) is 0 Å². The van der Waals surface area contributed by atoms with Crippen LogP contribution in [0.4, 0.5) is 0 Å². The molecular weight excluding hydrogens is 128 g/mol. The van der Waals surface area contributed by atoms with Crippen molar-refractivity contribution in [1.82, 2.24) is 0 Å². The molecule has 1 aliphatic rings. The van der Waals surface area contributed by atoms with Crippen molar-refractivity contribution in [3.8, 4) is 0 Å². The maximum absolute atomic E-state index is 10.8. The number of hydrogen-bond acceptors (Lipinski definition) is 2. The van der Waals surface area contributed by atoms with Gasteiger partial charge in [0.25, 0.3) is 0 Å². The minimum atomic E-state index is -0.326. The van der Waals surface area contributed by atoms with Gasteiger partial charge in [-0.15, -0.1) is 0 Å². The van der Waals surface area contributed by atoms with Gasteiger partial charge in [0.2, 0.25) is 0 Å². The van der Waals surface area contributed by atoms with E-state index in [0.29, 0.717) is 12.8 Å². The van der Waals surface area contributed by atoms with E-state index in [9.17, 15) is 4.79 Å². The van der Waals surface area contributed by atoms with Crippen LogP contribution in [-0.4, -0.2) is 17.0 Å². The summed E-state index contributed by atoms with van der Waals surface area (Å²) in [5.41, 5.74) is 0. The quantitative estimate of drug-likeness (QED) is 0.510. The highest BCUT2D eigenvalue weighted by Crippen LogP contribution is 2.08. The number of ketones is 1. The summed E-state index contributed by atoms with van der Waals surface area (Å²) in [5, 5.41) is 9.10. The second-order valence-corrected chi connectivity index (χ2v) is 2.63. The molecule has 1 atom stereocenters. The van der Waals surface area contributed by atoms with Crippen molar-refractivity contribution in [3.05, 3.63) is 12.2 Å². The summed E-state index contributed by atoms with van der Waals surface area (Å²) in [6, 6.07) is 0. The van der Waals surface area contributed by atoms with Crippen molar-refractivity contribution in [3.63, 3.8) is 0 Å². The van der Waals surface area contributed by atoms with Gasteiger partial charge in [-0.3, -0.25) is 4.79 Å². The fourth-order valence-electron chi connectivity index (χ4n) is 1.06. The fraction of sp³-hybridized carbons (Fsp3) is 0.625. The average Bonchev–Trinajstić information content (AvgIpc) is 1.84. The Morgan fingerprint density at radius 2 is 2.40 bits per heavy atom. The topological polar surface area (TPSA) is 37.3 Å². The van der Waals surface area contributed by atoms with Crippen molar-refractivity contribution in [2.24, 2.45) is 0 Å². The lowest BCUT2D eigenvalue weighted by Gasteiger charge is -2.07. The smallest absolute Gasteiger partial charge is 0.136 e. The molecule has 10 heavy (non-hydrogen) atoms. The summed E-state index contributed by atoms with van der Waals surface area (Å²) < 4.78 is 0. The Kier molecular flexibility index (Phi) is 2.63. The molecule has 0 spiro atoms. The molecule has 56 valence electrons. The zero-order valence-electron chi connectivity index (χ0n) is 5.92. The SMILES string of the molecule is O=C1C/C=C\C(O)CCC1. The third kappa shape index (κ3) is 2.31. The first-order chi connectivity index (χ1) is 4.79. The van der Waals surface area contributed by atoms with Crippen LogP contribution < -0.4 is 0 Å². The van der Waals surface area contributed by atoms with Crippen LogP contribution in [0.25, 0.3) is 0 Å². The van der Waals surface area contributed by atoms with E-state index in [2.05, 4.69) is 0 Å². The van der Waals surface area contributed by atoms with Gasteiger partial charge in [-0.1, -0.05) is 12.2 Å². The molecule has 0 bridgehead atoms. The van der Waals surface area contributed by atoms with E-state index in [1.807, 2.05) is 0 Å². The van der Waals surface area contributed by atoms with Gasteiger partial charge in [0.1, 0.15) is 5.78 Å². The highest BCUT2D eigenvalue weighted by atomic mass is 16.3. The molecule has 1 aliphatic carbocycles. The summed E-state index contributed by atoms with van der Waals surface area (Å²) in [6.45, 7) is 0. The van der Waals surface area contributed by atoms with Crippen LogP contribution in [0, 0.1) is 0 Å². The molecule has 0 aromatic rings. The molecule has 1 N–H and O–H groups in total. The minimum absolute atomic E-state index is 0.281. The van der Waals surface area contributed by atoms with Crippen molar-refractivity contribution < 1.29 is 9.90 Å². The van der Waals surface area contributed by atoms with Crippen LogP contribution in [0.1, 0.15) is 25.7 Å². The summed E-state index contributed by atoms with van der Waals surface area (Å²) in [7, 11) is 0. The normalized spacial score (nSPS) is 30.9. The Labute approximate surface area is 60.6 Å². The summed E-state index contributed by atoms with van der Waals surface area (Å²) in [4.78, 5) is 10.8. The highest BCUT2D eigenvalue weighted by Gasteiger charge is 2.06. The molecule has 0 saturated carbocycles. The molecule has 1 rings (SSSR count). The number of Topliss-reactive ketones (excluding diaryl/α,β-unsaturated/α-hetero) is 1.